The van der Waals surface area contributed by atoms with Gasteiger partial charge in [-0.1, -0.05) is 6.92 Å². The predicted molar refractivity (Wildman–Crippen MR) is 84.7 cm³/mol. The summed E-state index contributed by atoms with van der Waals surface area (Å²) in [5.41, 5.74) is 0.121. The van der Waals surface area contributed by atoms with Crippen LogP contribution in [0.2, 0.25) is 0 Å². The topological polar surface area (TPSA) is 53.9 Å². The molecule has 1 aromatic heterocycles. The first kappa shape index (κ1) is 15.6. The fraction of sp³-hybridized carbons (Fsp3) is 0.438. The van der Waals surface area contributed by atoms with Crippen LogP contribution in [0.3, 0.4) is 0 Å². The Labute approximate surface area is 133 Å². The molecule has 3 rings (SSSR count). The minimum Gasteiger partial charge on any atom is -0.352 e. The summed E-state index contributed by atoms with van der Waals surface area (Å²) in [7, 11) is 0. The first-order valence-corrected chi connectivity index (χ1v) is 7.86. The number of hydrogen-bond acceptors (Lipinski definition) is 5. The Kier molecular flexibility index (Phi) is 4.64. The zero-order chi connectivity index (χ0) is 16.2. The number of nitrogens with zero attached hydrogens (tertiary/aromatic N) is 4. The quantitative estimate of drug-likeness (QED) is 0.932. The number of piperidine rings is 1. The van der Waals surface area contributed by atoms with E-state index in [9.17, 15) is 8.78 Å². The molecule has 2 heterocycles. The zero-order valence-corrected chi connectivity index (χ0v) is 13.0. The van der Waals surface area contributed by atoms with E-state index in [1.807, 2.05) is 0 Å². The van der Waals surface area contributed by atoms with Gasteiger partial charge >= 0.3 is 0 Å². The number of nitrogens with one attached hydrogen (secondary N) is 1. The van der Waals surface area contributed by atoms with E-state index in [-0.39, 0.29) is 11.6 Å². The van der Waals surface area contributed by atoms with Gasteiger partial charge in [-0.15, -0.1) is 5.10 Å². The van der Waals surface area contributed by atoms with Crippen LogP contribution in [0, 0.1) is 11.6 Å². The Hall–Kier alpha value is -2.31. The lowest BCUT2D eigenvalue weighted by Gasteiger charge is -2.35. The maximum Gasteiger partial charge on any atom is 0.249 e. The van der Waals surface area contributed by atoms with E-state index in [1.54, 1.807) is 6.20 Å². The standard InChI is InChI=1S/C16H19F2N5/c1-2-12-5-3-4-8-23(12)15-10-19-22-16(21-15)20-14-7-6-11(17)9-13(14)18/h6-7,9-10,12H,2-5,8H2,1H3,(H,20,21,22). The Bertz CT molecular complexity index is 679. The second-order valence-corrected chi connectivity index (χ2v) is 5.64. The maximum atomic E-state index is 13.7. The van der Waals surface area contributed by atoms with Crippen molar-refractivity contribution < 1.29 is 8.78 Å². The van der Waals surface area contributed by atoms with Crippen LogP contribution in [-0.4, -0.2) is 27.8 Å². The largest absolute Gasteiger partial charge is 0.352 e. The highest BCUT2D eigenvalue weighted by molar-refractivity contribution is 5.55. The first-order valence-electron chi connectivity index (χ1n) is 7.86. The second kappa shape index (κ2) is 6.85. The van der Waals surface area contributed by atoms with Gasteiger partial charge in [0.25, 0.3) is 0 Å². The molecule has 1 unspecified atom stereocenters. The van der Waals surface area contributed by atoms with Gasteiger partial charge in [-0.05, 0) is 37.8 Å². The summed E-state index contributed by atoms with van der Waals surface area (Å²) < 4.78 is 26.7. The third kappa shape index (κ3) is 3.55. The van der Waals surface area contributed by atoms with Crippen LogP contribution in [0.25, 0.3) is 0 Å². The summed E-state index contributed by atoms with van der Waals surface area (Å²) in [6.07, 6.45) is 6.14. The van der Waals surface area contributed by atoms with Crippen molar-refractivity contribution in [2.45, 2.75) is 38.6 Å². The van der Waals surface area contributed by atoms with Crippen molar-refractivity contribution in [1.82, 2.24) is 15.2 Å². The van der Waals surface area contributed by atoms with Crippen molar-refractivity contribution in [3.05, 3.63) is 36.0 Å². The molecule has 0 spiro atoms. The molecule has 2 aromatic rings. The smallest absolute Gasteiger partial charge is 0.249 e. The lowest BCUT2D eigenvalue weighted by molar-refractivity contribution is 0.446. The van der Waals surface area contributed by atoms with E-state index in [1.165, 1.54) is 18.6 Å². The molecule has 0 bridgehead atoms. The molecule has 0 radical (unpaired) electrons. The van der Waals surface area contributed by atoms with E-state index < -0.39 is 11.6 Å². The first-order chi connectivity index (χ1) is 11.2. The molecular weight excluding hydrogens is 300 g/mol. The summed E-state index contributed by atoms with van der Waals surface area (Å²) in [6, 6.07) is 3.75. The van der Waals surface area contributed by atoms with Gasteiger partial charge in [-0.2, -0.15) is 10.1 Å². The Morgan fingerprint density at radius 1 is 1.30 bits per heavy atom. The summed E-state index contributed by atoms with van der Waals surface area (Å²) in [5, 5.41) is 10.6. The number of anilines is 3. The second-order valence-electron chi connectivity index (χ2n) is 5.64. The van der Waals surface area contributed by atoms with Gasteiger partial charge < -0.3 is 10.2 Å². The third-order valence-electron chi connectivity index (χ3n) is 4.12. The molecule has 122 valence electrons. The Morgan fingerprint density at radius 3 is 2.96 bits per heavy atom. The van der Waals surface area contributed by atoms with Gasteiger partial charge in [0.05, 0.1) is 11.9 Å². The van der Waals surface area contributed by atoms with Crippen LogP contribution < -0.4 is 10.2 Å². The molecule has 1 saturated heterocycles. The minimum absolute atomic E-state index is 0.121. The molecule has 1 aliphatic heterocycles. The average molecular weight is 319 g/mol. The van der Waals surface area contributed by atoms with Gasteiger partial charge in [0.15, 0.2) is 5.82 Å². The van der Waals surface area contributed by atoms with E-state index in [2.05, 4.69) is 32.3 Å². The number of rotatable bonds is 4. The van der Waals surface area contributed by atoms with E-state index in [4.69, 9.17) is 0 Å². The summed E-state index contributed by atoms with van der Waals surface area (Å²) >= 11 is 0. The molecule has 1 atom stereocenters. The molecule has 0 saturated carbocycles. The van der Waals surface area contributed by atoms with Crippen LogP contribution >= 0.6 is 0 Å². The number of benzene rings is 1. The maximum absolute atomic E-state index is 13.7. The molecule has 23 heavy (non-hydrogen) atoms. The average Bonchev–Trinajstić information content (AvgIpc) is 2.58. The molecule has 1 fully saturated rings. The summed E-state index contributed by atoms with van der Waals surface area (Å²) in [4.78, 5) is 6.66. The number of hydrogen-bond donors (Lipinski definition) is 1. The van der Waals surface area contributed by atoms with Crippen molar-refractivity contribution in [1.29, 1.82) is 0 Å². The normalized spacial score (nSPS) is 18.0. The van der Waals surface area contributed by atoms with Gasteiger partial charge in [0.2, 0.25) is 5.95 Å². The van der Waals surface area contributed by atoms with Gasteiger partial charge in [0, 0.05) is 18.7 Å². The molecule has 1 aliphatic rings. The Balaban J connectivity index is 1.82. The van der Waals surface area contributed by atoms with Crippen molar-refractivity contribution in [2.24, 2.45) is 0 Å². The molecule has 0 amide bonds. The van der Waals surface area contributed by atoms with Crippen LogP contribution in [0.15, 0.2) is 24.4 Å². The highest BCUT2D eigenvalue weighted by atomic mass is 19.1. The van der Waals surface area contributed by atoms with Crippen LogP contribution in [-0.2, 0) is 0 Å². The molecule has 7 heteroatoms. The fourth-order valence-corrected chi connectivity index (χ4v) is 2.92. The SMILES string of the molecule is CCC1CCCCN1c1cnnc(Nc2ccc(F)cc2F)n1. The van der Waals surface area contributed by atoms with Gasteiger partial charge in [0.1, 0.15) is 11.6 Å². The van der Waals surface area contributed by atoms with Crippen LogP contribution in [0.4, 0.5) is 26.2 Å². The highest BCUT2D eigenvalue weighted by Crippen LogP contribution is 2.25. The molecule has 1 N–H and O–H groups in total. The van der Waals surface area contributed by atoms with E-state index >= 15 is 0 Å². The zero-order valence-electron chi connectivity index (χ0n) is 13.0. The van der Waals surface area contributed by atoms with Crippen LogP contribution in [0.5, 0.6) is 0 Å². The third-order valence-corrected chi connectivity index (χ3v) is 4.12. The van der Waals surface area contributed by atoms with E-state index in [0.29, 0.717) is 6.04 Å². The van der Waals surface area contributed by atoms with Crippen molar-refractivity contribution in [2.75, 3.05) is 16.8 Å². The molecule has 1 aromatic carbocycles. The van der Waals surface area contributed by atoms with Crippen molar-refractivity contribution in [3.63, 3.8) is 0 Å². The number of aromatic nitrogens is 3. The lowest BCUT2D eigenvalue weighted by atomic mass is 10.0. The Morgan fingerprint density at radius 2 is 2.17 bits per heavy atom. The molecule has 5 nitrogen and oxygen atoms in total. The van der Waals surface area contributed by atoms with E-state index in [0.717, 1.165) is 37.7 Å². The van der Waals surface area contributed by atoms with Crippen molar-refractivity contribution in [3.8, 4) is 0 Å². The van der Waals surface area contributed by atoms with Crippen molar-refractivity contribution >= 4 is 17.5 Å². The van der Waals surface area contributed by atoms with Gasteiger partial charge in [-0.3, -0.25) is 0 Å². The van der Waals surface area contributed by atoms with Gasteiger partial charge in [-0.25, -0.2) is 8.78 Å². The minimum atomic E-state index is -0.691. The summed E-state index contributed by atoms with van der Waals surface area (Å²) in [5.74, 6) is -0.381. The predicted octanol–water partition coefficient (Wildman–Crippen LogP) is 3.66. The lowest BCUT2D eigenvalue weighted by Crippen LogP contribution is -2.39. The molecule has 0 aliphatic carbocycles. The fourth-order valence-electron chi connectivity index (χ4n) is 2.92. The van der Waals surface area contributed by atoms with Crippen LogP contribution in [0.1, 0.15) is 32.6 Å². The molecular formula is C16H19F2N5. The summed E-state index contributed by atoms with van der Waals surface area (Å²) in [6.45, 7) is 3.09. The monoisotopic (exact) mass is 319 g/mol. The number of halogens is 2. The highest BCUT2D eigenvalue weighted by Gasteiger charge is 2.22.